The zero-order valence-electron chi connectivity index (χ0n) is 20.1. The summed E-state index contributed by atoms with van der Waals surface area (Å²) in [7, 11) is 0. The van der Waals surface area contributed by atoms with E-state index in [9.17, 15) is 15.0 Å². The fourth-order valence-electron chi connectivity index (χ4n) is 9.56. The van der Waals surface area contributed by atoms with Crippen molar-refractivity contribution in [2.45, 2.75) is 111 Å². The third-order valence-corrected chi connectivity index (χ3v) is 11.1. The van der Waals surface area contributed by atoms with Gasteiger partial charge in [0.15, 0.2) is 0 Å². The van der Waals surface area contributed by atoms with Crippen molar-refractivity contribution in [3.63, 3.8) is 0 Å². The molecular formula is C27H46O3. The summed E-state index contributed by atoms with van der Waals surface area (Å²) < 4.78 is 0. The number of fused-ring (bicyclic) bond motifs is 5. The smallest absolute Gasteiger partial charge is 0.129 e. The minimum Gasteiger partial charge on any atom is -0.393 e. The van der Waals surface area contributed by atoms with Gasteiger partial charge in [0.25, 0.3) is 0 Å². The van der Waals surface area contributed by atoms with Crippen LogP contribution in [-0.4, -0.2) is 28.2 Å². The van der Waals surface area contributed by atoms with Gasteiger partial charge in [-0.3, -0.25) is 0 Å². The Balaban J connectivity index is 1.61. The molecule has 0 aliphatic heterocycles. The van der Waals surface area contributed by atoms with Gasteiger partial charge in [-0.1, -0.05) is 34.1 Å². The standard InChI is InChI=1S/C27H46O3/c1-6-19-23-15-18(29)11-13-27(23,5)22-12-14-26(4)20(16(2)7-8-17(3)28)9-10-21(26)24(22)25(19)30/h16,18-25,29-30H,6-15H2,1-5H3/t16-,18-,19-,20-,21+,22+,23?,24+,25-,26-,27-/m1/s1. The molecule has 30 heavy (non-hydrogen) atoms. The number of hydrogen-bond donors (Lipinski definition) is 2. The molecule has 4 saturated carbocycles. The van der Waals surface area contributed by atoms with E-state index < -0.39 is 0 Å². The molecule has 11 atom stereocenters. The molecule has 2 N–H and O–H groups in total. The summed E-state index contributed by atoms with van der Waals surface area (Å²) >= 11 is 0. The van der Waals surface area contributed by atoms with Crippen LogP contribution in [0.4, 0.5) is 0 Å². The van der Waals surface area contributed by atoms with E-state index in [1.807, 2.05) is 0 Å². The lowest BCUT2D eigenvalue weighted by Crippen LogP contribution is -2.62. The molecule has 3 heteroatoms. The van der Waals surface area contributed by atoms with Crippen LogP contribution in [0.5, 0.6) is 0 Å². The molecule has 172 valence electrons. The number of aliphatic hydroxyl groups excluding tert-OH is 2. The lowest BCUT2D eigenvalue weighted by Gasteiger charge is -2.64. The number of carbonyl (C=O) groups is 1. The first kappa shape index (κ1) is 22.8. The predicted molar refractivity (Wildman–Crippen MR) is 121 cm³/mol. The quantitative estimate of drug-likeness (QED) is 0.609. The number of ketones is 1. The summed E-state index contributed by atoms with van der Waals surface area (Å²) in [5.41, 5.74) is 0.595. The van der Waals surface area contributed by atoms with Crippen molar-refractivity contribution in [3.05, 3.63) is 0 Å². The van der Waals surface area contributed by atoms with Gasteiger partial charge >= 0.3 is 0 Å². The second-order valence-electron chi connectivity index (χ2n) is 12.3. The second kappa shape index (κ2) is 8.18. The largest absolute Gasteiger partial charge is 0.393 e. The van der Waals surface area contributed by atoms with Crippen molar-refractivity contribution in [1.82, 2.24) is 0 Å². The van der Waals surface area contributed by atoms with Crippen molar-refractivity contribution in [2.75, 3.05) is 0 Å². The Morgan fingerprint density at radius 3 is 2.33 bits per heavy atom. The first-order chi connectivity index (χ1) is 14.1. The van der Waals surface area contributed by atoms with E-state index in [1.165, 1.54) is 25.7 Å². The van der Waals surface area contributed by atoms with Gasteiger partial charge in [0.1, 0.15) is 5.78 Å². The van der Waals surface area contributed by atoms with Crippen LogP contribution in [0.1, 0.15) is 98.8 Å². The summed E-state index contributed by atoms with van der Waals surface area (Å²) in [6.07, 6.45) is 10.4. The molecule has 4 rings (SSSR count). The first-order valence-electron chi connectivity index (χ1n) is 13.0. The summed E-state index contributed by atoms with van der Waals surface area (Å²) in [5.74, 6) is 4.06. The van der Waals surface area contributed by atoms with E-state index in [1.54, 1.807) is 6.92 Å². The molecule has 0 aromatic carbocycles. The molecule has 3 nitrogen and oxygen atoms in total. The van der Waals surface area contributed by atoms with Crippen molar-refractivity contribution in [3.8, 4) is 0 Å². The normalized spacial score (nSPS) is 51.6. The second-order valence-corrected chi connectivity index (χ2v) is 12.3. The van der Waals surface area contributed by atoms with Gasteiger partial charge < -0.3 is 15.0 Å². The lowest BCUT2D eigenvalue weighted by molar-refractivity contribution is -0.203. The molecule has 1 unspecified atom stereocenters. The molecule has 0 amide bonds. The molecule has 0 saturated heterocycles. The topological polar surface area (TPSA) is 57.5 Å². The Morgan fingerprint density at radius 1 is 1.00 bits per heavy atom. The van der Waals surface area contributed by atoms with Gasteiger partial charge in [-0.05, 0) is 111 Å². The predicted octanol–water partition coefficient (Wildman–Crippen LogP) is 5.62. The van der Waals surface area contributed by atoms with Crippen LogP contribution < -0.4 is 0 Å². The molecule has 0 spiro atoms. The Hall–Kier alpha value is -0.410. The minimum atomic E-state index is -0.209. The van der Waals surface area contributed by atoms with Crippen molar-refractivity contribution in [1.29, 1.82) is 0 Å². The Bertz CT molecular complexity index is 646. The maximum absolute atomic E-state index is 11.7. The van der Waals surface area contributed by atoms with Gasteiger partial charge in [-0.25, -0.2) is 0 Å². The van der Waals surface area contributed by atoms with Gasteiger partial charge in [-0.15, -0.1) is 0 Å². The maximum atomic E-state index is 11.7. The SMILES string of the molecule is CC[C@@H]1C2C[C@H](O)CC[C@]2(C)[C@H]2CC[C@]3(C)[C@@H]([C@H](C)CCC(C)=O)CC[C@H]3[C@@H]2[C@@H]1O. The molecule has 4 aliphatic rings. The third-order valence-electron chi connectivity index (χ3n) is 11.1. The van der Waals surface area contributed by atoms with Crippen LogP contribution in [0.15, 0.2) is 0 Å². The average Bonchev–Trinajstić information content (AvgIpc) is 3.05. The van der Waals surface area contributed by atoms with Crippen LogP contribution in [0, 0.1) is 52.3 Å². The first-order valence-corrected chi connectivity index (χ1v) is 13.0. The molecule has 0 heterocycles. The highest BCUT2D eigenvalue weighted by Gasteiger charge is 2.64. The molecule has 0 aromatic rings. The summed E-state index contributed by atoms with van der Waals surface area (Å²) in [5, 5.41) is 22.2. The zero-order chi connectivity index (χ0) is 21.8. The summed E-state index contributed by atoms with van der Waals surface area (Å²) in [6, 6.07) is 0. The summed E-state index contributed by atoms with van der Waals surface area (Å²) in [4.78, 5) is 11.6. The third kappa shape index (κ3) is 3.41. The number of aliphatic hydroxyl groups is 2. The fourth-order valence-corrected chi connectivity index (χ4v) is 9.56. The molecular weight excluding hydrogens is 372 g/mol. The van der Waals surface area contributed by atoms with Crippen LogP contribution >= 0.6 is 0 Å². The Morgan fingerprint density at radius 2 is 1.67 bits per heavy atom. The minimum absolute atomic E-state index is 0.173. The molecule has 0 bridgehead atoms. The number of hydrogen-bond acceptors (Lipinski definition) is 3. The van der Waals surface area contributed by atoms with E-state index in [0.29, 0.717) is 59.0 Å². The van der Waals surface area contributed by atoms with E-state index in [2.05, 4.69) is 27.7 Å². The number of Topliss-reactive ketones (excluding diaryl/α,β-unsaturated/α-hetero) is 1. The zero-order valence-corrected chi connectivity index (χ0v) is 20.1. The van der Waals surface area contributed by atoms with E-state index >= 15 is 0 Å². The fraction of sp³-hybridized carbons (Fsp3) is 0.963. The highest BCUT2D eigenvalue weighted by molar-refractivity contribution is 5.75. The van der Waals surface area contributed by atoms with Crippen molar-refractivity contribution < 1.29 is 15.0 Å². The van der Waals surface area contributed by atoms with Gasteiger partial charge in [0, 0.05) is 6.42 Å². The molecule has 0 radical (unpaired) electrons. The number of rotatable bonds is 5. The van der Waals surface area contributed by atoms with E-state index in [-0.39, 0.29) is 17.6 Å². The highest BCUT2D eigenvalue weighted by atomic mass is 16.3. The van der Waals surface area contributed by atoms with Gasteiger partial charge in [0.05, 0.1) is 12.2 Å². The highest BCUT2D eigenvalue weighted by Crippen LogP contribution is 2.69. The lowest BCUT2D eigenvalue weighted by atomic mass is 9.41. The maximum Gasteiger partial charge on any atom is 0.129 e. The van der Waals surface area contributed by atoms with Crippen LogP contribution in [0.2, 0.25) is 0 Å². The van der Waals surface area contributed by atoms with Gasteiger partial charge in [0.2, 0.25) is 0 Å². The Labute approximate surface area is 184 Å². The van der Waals surface area contributed by atoms with Crippen molar-refractivity contribution in [2.24, 2.45) is 52.3 Å². The van der Waals surface area contributed by atoms with E-state index in [0.717, 1.165) is 32.1 Å². The van der Waals surface area contributed by atoms with E-state index in [4.69, 9.17) is 0 Å². The van der Waals surface area contributed by atoms with Gasteiger partial charge in [-0.2, -0.15) is 0 Å². The van der Waals surface area contributed by atoms with Crippen molar-refractivity contribution >= 4 is 5.78 Å². The summed E-state index contributed by atoms with van der Waals surface area (Å²) in [6.45, 7) is 11.4. The Kier molecular flexibility index (Phi) is 6.21. The van der Waals surface area contributed by atoms with Crippen LogP contribution in [-0.2, 0) is 4.79 Å². The molecule has 4 fully saturated rings. The average molecular weight is 419 g/mol. The number of carbonyl (C=O) groups excluding carboxylic acids is 1. The molecule has 4 aliphatic carbocycles. The van der Waals surface area contributed by atoms with Crippen LogP contribution in [0.3, 0.4) is 0 Å². The van der Waals surface area contributed by atoms with Crippen LogP contribution in [0.25, 0.3) is 0 Å². The molecule has 0 aromatic heterocycles. The monoisotopic (exact) mass is 418 g/mol.